The van der Waals surface area contributed by atoms with Crippen LogP contribution in [0.25, 0.3) is 0 Å². The third kappa shape index (κ3) is 4.43. The molecule has 1 amide bonds. The zero-order chi connectivity index (χ0) is 17.0. The summed E-state index contributed by atoms with van der Waals surface area (Å²) in [6.45, 7) is 5.57. The van der Waals surface area contributed by atoms with Crippen molar-refractivity contribution in [1.82, 2.24) is 0 Å². The Hall–Kier alpha value is -1.65. The highest BCUT2D eigenvalue weighted by molar-refractivity contribution is 7.98. The minimum atomic E-state index is -0.607. The summed E-state index contributed by atoms with van der Waals surface area (Å²) >= 11 is 7.74. The summed E-state index contributed by atoms with van der Waals surface area (Å²) < 4.78 is 5.76. The second-order valence-corrected chi connectivity index (χ2v) is 6.55. The van der Waals surface area contributed by atoms with Crippen molar-refractivity contribution in [2.75, 3.05) is 11.6 Å². The van der Waals surface area contributed by atoms with Gasteiger partial charge in [0.25, 0.3) is 5.91 Å². The van der Waals surface area contributed by atoms with Gasteiger partial charge in [0.05, 0.1) is 5.69 Å². The summed E-state index contributed by atoms with van der Waals surface area (Å²) in [5.74, 6) is 0.460. The zero-order valence-electron chi connectivity index (χ0n) is 13.6. The Morgan fingerprint density at radius 2 is 1.83 bits per heavy atom. The van der Waals surface area contributed by atoms with Crippen molar-refractivity contribution in [3.63, 3.8) is 0 Å². The molecule has 1 atom stereocenters. The normalized spacial score (nSPS) is 11.9. The van der Waals surface area contributed by atoms with E-state index in [2.05, 4.69) is 5.32 Å². The van der Waals surface area contributed by atoms with Gasteiger partial charge in [0.15, 0.2) is 6.10 Å². The average molecular weight is 350 g/mol. The second-order valence-electron chi connectivity index (χ2n) is 5.32. The molecule has 1 unspecified atom stereocenters. The molecule has 0 heterocycles. The van der Waals surface area contributed by atoms with Gasteiger partial charge in [0.2, 0.25) is 0 Å². The number of hydrogen-bond acceptors (Lipinski definition) is 3. The molecule has 5 heteroatoms. The lowest BCUT2D eigenvalue weighted by atomic mass is 10.1. The van der Waals surface area contributed by atoms with Crippen LogP contribution in [-0.2, 0) is 4.79 Å². The molecule has 0 fully saturated rings. The molecule has 0 spiro atoms. The molecule has 3 nitrogen and oxygen atoms in total. The highest BCUT2D eigenvalue weighted by atomic mass is 35.5. The molecule has 0 aliphatic heterocycles. The maximum absolute atomic E-state index is 12.4. The second kappa shape index (κ2) is 7.75. The Labute approximate surface area is 146 Å². The predicted molar refractivity (Wildman–Crippen MR) is 97.9 cm³/mol. The molecule has 122 valence electrons. The quantitative estimate of drug-likeness (QED) is 0.764. The molecule has 2 aromatic rings. The summed E-state index contributed by atoms with van der Waals surface area (Å²) in [5, 5.41) is 3.64. The van der Waals surface area contributed by atoms with Crippen LogP contribution in [0.4, 0.5) is 5.69 Å². The summed E-state index contributed by atoms with van der Waals surface area (Å²) in [7, 11) is 0. The van der Waals surface area contributed by atoms with Gasteiger partial charge in [-0.2, -0.15) is 0 Å². The van der Waals surface area contributed by atoms with Crippen LogP contribution in [0.1, 0.15) is 18.1 Å². The predicted octanol–water partition coefficient (Wildman–Crippen LogP) is 5.08. The van der Waals surface area contributed by atoms with E-state index in [1.54, 1.807) is 18.7 Å². The van der Waals surface area contributed by atoms with Crippen LogP contribution in [0.5, 0.6) is 5.75 Å². The van der Waals surface area contributed by atoms with E-state index in [9.17, 15) is 4.79 Å². The molecule has 0 saturated carbocycles. The molecule has 1 N–H and O–H groups in total. The van der Waals surface area contributed by atoms with E-state index < -0.39 is 6.10 Å². The van der Waals surface area contributed by atoms with Gasteiger partial charge < -0.3 is 10.1 Å². The molecule has 0 aliphatic rings. The van der Waals surface area contributed by atoms with E-state index in [1.165, 1.54) is 0 Å². The fraction of sp³-hybridized carbons (Fsp3) is 0.278. The molecule has 0 radical (unpaired) electrons. The van der Waals surface area contributed by atoms with Gasteiger partial charge in [-0.15, -0.1) is 11.8 Å². The topological polar surface area (TPSA) is 38.3 Å². The number of carbonyl (C=O) groups is 1. The number of nitrogens with one attached hydrogen (secondary N) is 1. The van der Waals surface area contributed by atoms with Gasteiger partial charge in [-0.25, -0.2) is 0 Å². The number of carbonyl (C=O) groups excluding carboxylic acids is 1. The molecular weight excluding hydrogens is 330 g/mol. The summed E-state index contributed by atoms with van der Waals surface area (Å²) in [5.41, 5.74) is 2.66. The van der Waals surface area contributed by atoms with E-state index >= 15 is 0 Å². The number of hydrogen-bond donors (Lipinski definition) is 1. The van der Waals surface area contributed by atoms with E-state index in [-0.39, 0.29) is 5.91 Å². The summed E-state index contributed by atoms with van der Waals surface area (Å²) in [6, 6.07) is 11.4. The van der Waals surface area contributed by atoms with E-state index in [1.807, 2.05) is 56.5 Å². The van der Waals surface area contributed by atoms with Crippen molar-refractivity contribution in [2.24, 2.45) is 0 Å². The molecule has 2 rings (SSSR count). The van der Waals surface area contributed by atoms with Gasteiger partial charge in [0.1, 0.15) is 5.75 Å². The fourth-order valence-electron chi connectivity index (χ4n) is 2.21. The lowest BCUT2D eigenvalue weighted by Crippen LogP contribution is -2.30. The van der Waals surface area contributed by atoms with Crippen molar-refractivity contribution in [3.8, 4) is 5.75 Å². The number of ether oxygens (including phenoxy) is 1. The van der Waals surface area contributed by atoms with Crippen LogP contribution in [0.3, 0.4) is 0 Å². The number of para-hydroxylation sites is 1. The number of rotatable bonds is 5. The Kier molecular flexibility index (Phi) is 5.97. The number of aryl methyl sites for hydroxylation is 2. The first kappa shape index (κ1) is 17.7. The number of anilines is 1. The number of amides is 1. The SMILES string of the molecule is CSc1ccccc1NC(=O)C(C)Oc1cc(C)c(Cl)c(C)c1. The minimum Gasteiger partial charge on any atom is -0.481 e. The summed E-state index contributed by atoms with van der Waals surface area (Å²) in [6.07, 6.45) is 1.37. The maximum atomic E-state index is 12.4. The molecule has 23 heavy (non-hydrogen) atoms. The van der Waals surface area contributed by atoms with Crippen LogP contribution in [-0.4, -0.2) is 18.3 Å². The zero-order valence-corrected chi connectivity index (χ0v) is 15.2. The van der Waals surface area contributed by atoms with Crippen LogP contribution >= 0.6 is 23.4 Å². The van der Waals surface area contributed by atoms with Crippen molar-refractivity contribution in [2.45, 2.75) is 31.8 Å². The van der Waals surface area contributed by atoms with Crippen molar-refractivity contribution in [1.29, 1.82) is 0 Å². The Morgan fingerprint density at radius 1 is 1.22 bits per heavy atom. The Balaban J connectivity index is 2.08. The lowest BCUT2D eigenvalue weighted by molar-refractivity contribution is -0.122. The molecule has 0 bridgehead atoms. The number of thioether (sulfide) groups is 1. The molecule has 0 aromatic heterocycles. The number of benzene rings is 2. The van der Waals surface area contributed by atoms with Gasteiger partial charge in [-0.05, 0) is 62.4 Å². The van der Waals surface area contributed by atoms with Crippen LogP contribution in [0.2, 0.25) is 5.02 Å². The van der Waals surface area contributed by atoms with Gasteiger partial charge in [-0.1, -0.05) is 23.7 Å². The highest BCUT2D eigenvalue weighted by Crippen LogP contribution is 2.27. The summed E-state index contributed by atoms with van der Waals surface area (Å²) in [4.78, 5) is 13.4. The first-order valence-corrected chi connectivity index (χ1v) is 8.90. The van der Waals surface area contributed by atoms with Gasteiger partial charge in [0, 0.05) is 9.92 Å². The van der Waals surface area contributed by atoms with E-state index in [4.69, 9.17) is 16.3 Å². The highest BCUT2D eigenvalue weighted by Gasteiger charge is 2.17. The molecule has 0 saturated heterocycles. The monoisotopic (exact) mass is 349 g/mol. The fourth-order valence-corrected chi connectivity index (χ4v) is 2.88. The van der Waals surface area contributed by atoms with Crippen molar-refractivity contribution in [3.05, 3.63) is 52.5 Å². The van der Waals surface area contributed by atoms with Crippen LogP contribution in [0.15, 0.2) is 41.3 Å². The van der Waals surface area contributed by atoms with Crippen molar-refractivity contribution < 1.29 is 9.53 Å². The van der Waals surface area contributed by atoms with E-state index in [0.29, 0.717) is 5.75 Å². The first-order chi connectivity index (χ1) is 10.9. The van der Waals surface area contributed by atoms with Crippen LogP contribution < -0.4 is 10.1 Å². The molecular formula is C18H20ClNO2S. The average Bonchev–Trinajstić information content (AvgIpc) is 2.53. The first-order valence-electron chi connectivity index (χ1n) is 7.29. The number of halogens is 1. The standard InChI is InChI=1S/C18H20ClNO2S/c1-11-9-14(10-12(2)17(11)19)22-13(3)18(21)20-15-7-5-6-8-16(15)23-4/h5-10,13H,1-4H3,(H,20,21). The van der Waals surface area contributed by atoms with Crippen molar-refractivity contribution >= 4 is 35.0 Å². The van der Waals surface area contributed by atoms with E-state index in [0.717, 1.165) is 26.7 Å². The smallest absolute Gasteiger partial charge is 0.265 e. The largest absolute Gasteiger partial charge is 0.481 e. The Morgan fingerprint density at radius 3 is 2.43 bits per heavy atom. The molecule has 0 aliphatic carbocycles. The Bertz CT molecular complexity index is 695. The van der Waals surface area contributed by atoms with Gasteiger partial charge in [-0.3, -0.25) is 4.79 Å². The van der Waals surface area contributed by atoms with Crippen LogP contribution in [0, 0.1) is 13.8 Å². The molecule has 2 aromatic carbocycles. The minimum absolute atomic E-state index is 0.184. The third-order valence-electron chi connectivity index (χ3n) is 3.46. The van der Waals surface area contributed by atoms with Gasteiger partial charge >= 0.3 is 0 Å². The maximum Gasteiger partial charge on any atom is 0.265 e. The third-order valence-corrected chi connectivity index (χ3v) is 4.85. The lowest BCUT2D eigenvalue weighted by Gasteiger charge is -2.17.